The first kappa shape index (κ1) is 18.1. The number of pyridine rings is 1. The monoisotopic (exact) mass is 381 g/mol. The molecule has 0 aliphatic carbocycles. The number of halogens is 1. The molecule has 1 unspecified atom stereocenters. The lowest BCUT2D eigenvalue weighted by Gasteiger charge is -2.34. The van der Waals surface area contributed by atoms with Gasteiger partial charge in [0.2, 0.25) is 0 Å². The molecular weight excluding hydrogens is 361 g/mol. The third-order valence-electron chi connectivity index (χ3n) is 4.76. The number of amides is 1. The summed E-state index contributed by atoms with van der Waals surface area (Å²) in [6, 6.07) is 9.14. The molecule has 0 spiro atoms. The topological polar surface area (TPSA) is 84.0 Å². The Labute approximate surface area is 161 Å². The van der Waals surface area contributed by atoms with Crippen LogP contribution in [-0.2, 0) is 4.79 Å². The van der Waals surface area contributed by atoms with Gasteiger partial charge in [0.1, 0.15) is 17.4 Å². The fourth-order valence-electron chi connectivity index (χ4n) is 3.33. The minimum atomic E-state index is -0.343. The second-order valence-electron chi connectivity index (χ2n) is 6.62. The van der Waals surface area contributed by atoms with Crippen molar-refractivity contribution < 1.29 is 13.9 Å². The van der Waals surface area contributed by atoms with E-state index in [1.165, 1.54) is 24.3 Å². The first-order valence-corrected chi connectivity index (χ1v) is 9.21. The van der Waals surface area contributed by atoms with Gasteiger partial charge in [0, 0.05) is 24.5 Å². The van der Waals surface area contributed by atoms with Crippen molar-refractivity contribution in [3.8, 4) is 17.1 Å². The standard InChI is InChI=1S/C20H20FN5O2/c21-15-4-6-16(7-5-15)28-13-18(27)26-12-2-1-3-17(26)20-23-19(24-25-20)14-8-10-22-11-9-14/h4-11,17H,1-3,12-13H2,(H,23,24,25). The molecule has 3 aromatic rings. The van der Waals surface area contributed by atoms with Crippen molar-refractivity contribution in [2.45, 2.75) is 25.3 Å². The number of aromatic amines is 1. The number of likely N-dealkylation sites (tertiary alicyclic amines) is 1. The third-order valence-corrected chi connectivity index (χ3v) is 4.76. The quantitative estimate of drug-likeness (QED) is 0.734. The number of benzene rings is 1. The summed E-state index contributed by atoms with van der Waals surface area (Å²) < 4.78 is 18.5. The normalized spacial score (nSPS) is 16.8. The molecule has 0 radical (unpaired) electrons. The Morgan fingerprint density at radius 3 is 2.75 bits per heavy atom. The Balaban J connectivity index is 1.46. The smallest absolute Gasteiger partial charge is 0.261 e. The molecule has 1 amide bonds. The molecule has 7 nitrogen and oxygen atoms in total. The zero-order valence-corrected chi connectivity index (χ0v) is 15.2. The van der Waals surface area contributed by atoms with E-state index in [0.29, 0.717) is 23.9 Å². The molecule has 0 saturated carbocycles. The van der Waals surface area contributed by atoms with Crippen LogP contribution < -0.4 is 4.74 Å². The average Bonchev–Trinajstić information content (AvgIpc) is 3.24. The number of carbonyl (C=O) groups is 1. The van der Waals surface area contributed by atoms with Gasteiger partial charge in [0.25, 0.3) is 5.91 Å². The fraction of sp³-hybridized carbons (Fsp3) is 0.300. The number of nitrogens with one attached hydrogen (secondary N) is 1. The summed E-state index contributed by atoms with van der Waals surface area (Å²) in [5.74, 6) is 1.24. The molecule has 8 heteroatoms. The van der Waals surface area contributed by atoms with Crippen LogP contribution in [-0.4, -0.2) is 44.1 Å². The van der Waals surface area contributed by atoms with Crippen molar-refractivity contribution in [3.63, 3.8) is 0 Å². The van der Waals surface area contributed by atoms with Crippen LogP contribution in [0.2, 0.25) is 0 Å². The van der Waals surface area contributed by atoms with Gasteiger partial charge in [0.05, 0.1) is 6.04 Å². The number of ether oxygens (including phenoxy) is 1. The number of nitrogens with zero attached hydrogens (tertiary/aromatic N) is 4. The van der Waals surface area contributed by atoms with Crippen LogP contribution in [0.25, 0.3) is 11.4 Å². The zero-order valence-electron chi connectivity index (χ0n) is 15.2. The molecule has 144 valence electrons. The molecule has 28 heavy (non-hydrogen) atoms. The van der Waals surface area contributed by atoms with Crippen LogP contribution in [0, 0.1) is 5.82 Å². The molecular formula is C20H20FN5O2. The maximum atomic E-state index is 13.0. The van der Waals surface area contributed by atoms with Gasteiger partial charge in [-0.1, -0.05) is 0 Å². The summed E-state index contributed by atoms with van der Waals surface area (Å²) in [6.45, 7) is 0.537. The van der Waals surface area contributed by atoms with Crippen LogP contribution >= 0.6 is 0 Å². The summed E-state index contributed by atoms with van der Waals surface area (Å²) in [6.07, 6.45) is 6.14. The molecule has 2 aromatic heterocycles. The van der Waals surface area contributed by atoms with Crippen LogP contribution in [0.15, 0.2) is 48.8 Å². The molecule has 4 rings (SSSR count). The number of aromatic nitrogens is 4. The van der Waals surface area contributed by atoms with Crippen molar-refractivity contribution in [2.75, 3.05) is 13.2 Å². The number of hydrogen-bond acceptors (Lipinski definition) is 5. The van der Waals surface area contributed by atoms with Gasteiger partial charge in [-0.15, -0.1) is 0 Å². The SMILES string of the molecule is O=C(COc1ccc(F)cc1)N1CCCCC1c1nc(-c2ccncc2)n[nH]1. The van der Waals surface area contributed by atoms with Crippen molar-refractivity contribution in [3.05, 3.63) is 60.4 Å². The van der Waals surface area contributed by atoms with Crippen LogP contribution in [0.4, 0.5) is 4.39 Å². The molecule has 1 aromatic carbocycles. The Kier molecular flexibility index (Phi) is 5.27. The van der Waals surface area contributed by atoms with Crippen molar-refractivity contribution >= 4 is 5.91 Å². The highest BCUT2D eigenvalue weighted by Crippen LogP contribution is 2.30. The number of hydrogen-bond donors (Lipinski definition) is 1. The minimum absolute atomic E-state index is 0.104. The van der Waals surface area contributed by atoms with Crippen molar-refractivity contribution in [1.29, 1.82) is 0 Å². The highest BCUT2D eigenvalue weighted by atomic mass is 19.1. The van der Waals surface area contributed by atoms with Gasteiger partial charge in [-0.05, 0) is 55.7 Å². The zero-order chi connectivity index (χ0) is 19.3. The average molecular weight is 381 g/mol. The number of H-pyrrole nitrogens is 1. The first-order valence-electron chi connectivity index (χ1n) is 9.21. The molecule has 1 saturated heterocycles. The van der Waals surface area contributed by atoms with E-state index in [2.05, 4.69) is 20.2 Å². The molecule has 1 aliphatic rings. The maximum absolute atomic E-state index is 13.0. The molecule has 1 atom stereocenters. The van der Waals surface area contributed by atoms with E-state index in [4.69, 9.17) is 4.74 Å². The fourth-order valence-corrected chi connectivity index (χ4v) is 3.33. The van der Waals surface area contributed by atoms with Crippen LogP contribution in [0.1, 0.15) is 31.1 Å². The number of piperidine rings is 1. The van der Waals surface area contributed by atoms with E-state index in [1.807, 2.05) is 12.1 Å². The minimum Gasteiger partial charge on any atom is -0.484 e. The summed E-state index contributed by atoms with van der Waals surface area (Å²) in [5.41, 5.74) is 0.867. The second kappa shape index (κ2) is 8.16. The summed E-state index contributed by atoms with van der Waals surface area (Å²) in [5, 5.41) is 7.27. The molecule has 3 heterocycles. The van der Waals surface area contributed by atoms with E-state index >= 15 is 0 Å². The molecule has 1 fully saturated rings. The first-order chi connectivity index (χ1) is 13.7. The Morgan fingerprint density at radius 2 is 1.96 bits per heavy atom. The maximum Gasteiger partial charge on any atom is 0.261 e. The van der Waals surface area contributed by atoms with Gasteiger partial charge >= 0.3 is 0 Å². The highest BCUT2D eigenvalue weighted by Gasteiger charge is 2.30. The van der Waals surface area contributed by atoms with Crippen molar-refractivity contribution in [1.82, 2.24) is 25.1 Å². The van der Waals surface area contributed by atoms with E-state index in [-0.39, 0.29) is 24.4 Å². The van der Waals surface area contributed by atoms with Gasteiger partial charge in [-0.3, -0.25) is 14.9 Å². The molecule has 0 bridgehead atoms. The Hall–Kier alpha value is -3.29. The lowest BCUT2D eigenvalue weighted by molar-refractivity contribution is -0.137. The molecule has 1 N–H and O–H groups in total. The second-order valence-corrected chi connectivity index (χ2v) is 6.62. The predicted octanol–water partition coefficient (Wildman–Crippen LogP) is 3.14. The summed E-state index contributed by atoms with van der Waals surface area (Å²) in [7, 11) is 0. The van der Waals surface area contributed by atoms with Crippen molar-refractivity contribution in [2.24, 2.45) is 0 Å². The van der Waals surface area contributed by atoms with E-state index < -0.39 is 0 Å². The van der Waals surface area contributed by atoms with Gasteiger partial charge in [-0.25, -0.2) is 9.37 Å². The van der Waals surface area contributed by atoms with E-state index in [1.54, 1.807) is 17.3 Å². The highest BCUT2D eigenvalue weighted by molar-refractivity contribution is 5.78. The number of carbonyl (C=O) groups excluding carboxylic acids is 1. The molecule has 1 aliphatic heterocycles. The van der Waals surface area contributed by atoms with E-state index in [0.717, 1.165) is 24.8 Å². The Bertz CT molecular complexity index is 929. The van der Waals surface area contributed by atoms with Gasteiger partial charge in [-0.2, -0.15) is 5.10 Å². The van der Waals surface area contributed by atoms with Crippen LogP contribution in [0.5, 0.6) is 5.75 Å². The lowest BCUT2D eigenvalue weighted by Crippen LogP contribution is -2.41. The van der Waals surface area contributed by atoms with E-state index in [9.17, 15) is 9.18 Å². The summed E-state index contributed by atoms with van der Waals surface area (Å²) >= 11 is 0. The van der Waals surface area contributed by atoms with Crippen LogP contribution in [0.3, 0.4) is 0 Å². The third kappa shape index (κ3) is 4.00. The Morgan fingerprint density at radius 1 is 1.18 bits per heavy atom. The van der Waals surface area contributed by atoms with Gasteiger partial charge < -0.3 is 9.64 Å². The predicted molar refractivity (Wildman–Crippen MR) is 99.8 cm³/mol. The lowest BCUT2D eigenvalue weighted by atomic mass is 10.0. The number of rotatable bonds is 5. The summed E-state index contributed by atoms with van der Waals surface area (Å²) in [4.78, 5) is 23.1. The van der Waals surface area contributed by atoms with Gasteiger partial charge in [0.15, 0.2) is 12.4 Å². The largest absolute Gasteiger partial charge is 0.484 e.